The summed E-state index contributed by atoms with van der Waals surface area (Å²) in [6.45, 7) is 6.40. The molecular formula is C39H52N2O8S. The number of thioether (sulfide) groups is 1. The van der Waals surface area contributed by atoms with Gasteiger partial charge < -0.3 is 38.9 Å². The van der Waals surface area contributed by atoms with Crippen molar-refractivity contribution in [1.82, 2.24) is 4.90 Å². The van der Waals surface area contributed by atoms with E-state index in [4.69, 9.17) is 23.8 Å². The van der Waals surface area contributed by atoms with E-state index in [-0.39, 0.29) is 50.1 Å². The van der Waals surface area contributed by atoms with Gasteiger partial charge in [0.1, 0.15) is 30.4 Å². The molecule has 0 radical (unpaired) electrons. The van der Waals surface area contributed by atoms with Crippen LogP contribution < -0.4 is 9.47 Å². The Kier molecular flexibility index (Phi) is 13.3. The molecule has 1 heterocycles. The average Bonchev–Trinajstić information content (AvgIpc) is 3.13. The third-order valence-corrected chi connectivity index (χ3v) is 10.9. The van der Waals surface area contributed by atoms with Crippen LogP contribution in [0.1, 0.15) is 63.4 Å². The van der Waals surface area contributed by atoms with Gasteiger partial charge in [0.25, 0.3) is 0 Å². The fourth-order valence-corrected chi connectivity index (χ4v) is 8.44. The Hall–Kier alpha value is -3.51. The summed E-state index contributed by atoms with van der Waals surface area (Å²) in [5, 5.41) is 24.1. The molecule has 2 aromatic carbocycles. The highest BCUT2D eigenvalue weighted by molar-refractivity contribution is 7.98. The molecule has 0 spiro atoms. The molecule has 6 atom stereocenters. The lowest BCUT2D eigenvalue weighted by molar-refractivity contribution is -0.253. The van der Waals surface area contributed by atoms with Crippen LogP contribution in [0.15, 0.2) is 76.8 Å². The standard InChI is InChI=1S/C39H52N2O8S/c1-6-22-47-39-35(41(3)38(44)46-7-2)25-33(40-45-4)31-23-26(12-8-10-20-42)30(13-9-11-21-43)36(37(31)39)32-24-28(16-19-34(32)49-39)48-27-14-17-29(50-5)18-15-27/h6,14-19,23-24,26,30,35-37,42-43H,1,7-13,20-22,25H2,2-5H3/t26-,30+,35-,36+,37+,39+/m0/s1. The molecule has 50 heavy (non-hydrogen) atoms. The lowest BCUT2D eigenvalue weighted by atomic mass is 9.55. The SMILES string of the molecule is C=CCO[C@@]12Oc3ccc(Oc4ccc(SC)cc4)cc3[C@H]3[C@H](CCCCO)[C@@H](CCCCO)C=C(C(=NOC)C[C@@H]1N(C)C(=O)OCC)[C@H]32. The second-order valence-electron chi connectivity index (χ2n) is 13.0. The Morgan fingerprint density at radius 3 is 2.48 bits per heavy atom. The normalized spacial score (nSPS) is 25.8. The summed E-state index contributed by atoms with van der Waals surface area (Å²) in [6.07, 6.45) is 10.7. The number of fused-ring (bicyclic) bond motifs is 2. The number of hydrogen-bond donors (Lipinski definition) is 2. The Bertz CT molecular complexity index is 1510. The number of rotatable bonds is 17. The van der Waals surface area contributed by atoms with Gasteiger partial charge in [-0.15, -0.1) is 18.3 Å². The number of likely N-dealkylation sites (N-methyl/N-ethyl adjacent to an activating group) is 1. The monoisotopic (exact) mass is 708 g/mol. The quantitative estimate of drug-likeness (QED) is 0.0743. The molecule has 1 fully saturated rings. The van der Waals surface area contributed by atoms with E-state index in [2.05, 4.69) is 23.9 Å². The molecule has 11 heteroatoms. The predicted octanol–water partition coefficient (Wildman–Crippen LogP) is 7.55. The van der Waals surface area contributed by atoms with Crippen LogP contribution in [0.5, 0.6) is 17.2 Å². The van der Waals surface area contributed by atoms with E-state index in [0.717, 1.165) is 53.2 Å². The maximum Gasteiger partial charge on any atom is 0.409 e. The molecule has 10 nitrogen and oxygen atoms in total. The van der Waals surface area contributed by atoms with Crippen molar-refractivity contribution < 1.29 is 38.8 Å². The highest BCUT2D eigenvalue weighted by atomic mass is 32.2. The van der Waals surface area contributed by atoms with Crippen LogP contribution >= 0.6 is 11.8 Å². The molecule has 1 amide bonds. The van der Waals surface area contributed by atoms with E-state index in [1.807, 2.05) is 42.7 Å². The van der Waals surface area contributed by atoms with Gasteiger partial charge in [-0.1, -0.05) is 30.1 Å². The highest BCUT2D eigenvalue weighted by Gasteiger charge is 2.65. The van der Waals surface area contributed by atoms with Crippen molar-refractivity contribution in [3.05, 3.63) is 72.3 Å². The molecule has 2 aromatic rings. The van der Waals surface area contributed by atoms with E-state index in [0.29, 0.717) is 30.8 Å². The molecule has 5 rings (SSSR count). The molecule has 1 aliphatic heterocycles. The maximum atomic E-state index is 13.4. The number of allylic oxidation sites excluding steroid dienone is 1. The summed E-state index contributed by atoms with van der Waals surface area (Å²) in [7, 11) is 3.25. The van der Waals surface area contributed by atoms with E-state index in [1.54, 1.807) is 36.7 Å². The lowest BCUT2D eigenvalue weighted by Crippen LogP contribution is -2.69. The third-order valence-electron chi connectivity index (χ3n) is 10.2. The van der Waals surface area contributed by atoms with Crippen molar-refractivity contribution >= 4 is 23.6 Å². The Balaban J connectivity index is 1.72. The van der Waals surface area contributed by atoms with E-state index in [9.17, 15) is 15.0 Å². The largest absolute Gasteiger partial charge is 0.459 e. The van der Waals surface area contributed by atoms with Crippen molar-refractivity contribution in [2.75, 3.05) is 46.8 Å². The average molecular weight is 709 g/mol. The number of benzene rings is 2. The molecule has 2 N–H and O–H groups in total. The molecule has 3 aliphatic rings. The van der Waals surface area contributed by atoms with Crippen LogP contribution in [0.25, 0.3) is 0 Å². The van der Waals surface area contributed by atoms with Crippen molar-refractivity contribution in [1.29, 1.82) is 0 Å². The van der Waals surface area contributed by atoms with Gasteiger partial charge in [-0.05, 0) is 98.7 Å². The number of carbonyl (C=O) groups excluding carboxylic acids is 1. The summed E-state index contributed by atoms with van der Waals surface area (Å²) in [4.78, 5) is 21.6. The van der Waals surface area contributed by atoms with Gasteiger partial charge >= 0.3 is 6.09 Å². The van der Waals surface area contributed by atoms with Gasteiger partial charge in [0.2, 0.25) is 5.79 Å². The van der Waals surface area contributed by atoms with Gasteiger partial charge in [0, 0.05) is 43.1 Å². The second-order valence-corrected chi connectivity index (χ2v) is 13.9. The molecular weight excluding hydrogens is 657 g/mol. The van der Waals surface area contributed by atoms with Gasteiger partial charge in [-0.3, -0.25) is 0 Å². The zero-order valence-electron chi connectivity index (χ0n) is 29.7. The smallest absolute Gasteiger partial charge is 0.409 e. The zero-order chi connectivity index (χ0) is 35.7. The fraction of sp³-hybridized carbons (Fsp3) is 0.538. The first-order chi connectivity index (χ1) is 24.3. The molecule has 0 bridgehead atoms. The van der Waals surface area contributed by atoms with Crippen molar-refractivity contribution in [2.45, 2.75) is 74.5 Å². The van der Waals surface area contributed by atoms with Crippen LogP contribution in [0, 0.1) is 17.8 Å². The predicted molar refractivity (Wildman–Crippen MR) is 195 cm³/mol. The Morgan fingerprint density at radius 2 is 1.82 bits per heavy atom. The summed E-state index contributed by atoms with van der Waals surface area (Å²) in [5.74, 6) is 0.516. The summed E-state index contributed by atoms with van der Waals surface area (Å²) in [5.41, 5.74) is 2.70. The summed E-state index contributed by atoms with van der Waals surface area (Å²) >= 11 is 1.68. The number of carbonyl (C=O) groups is 1. The summed E-state index contributed by atoms with van der Waals surface area (Å²) < 4.78 is 25.9. The minimum Gasteiger partial charge on any atom is -0.459 e. The molecule has 272 valence electrons. The van der Waals surface area contributed by atoms with Gasteiger partial charge in [0.05, 0.1) is 24.8 Å². The maximum absolute atomic E-state index is 13.4. The second kappa shape index (κ2) is 17.6. The summed E-state index contributed by atoms with van der Waals surface area (Å²) in [6, 6.07) is 13.3. The molecule has 1 saturated carbocycles. The van der Waals surface area contributed by atoms with Gasteiger partial charge in [-0.2, -0.15) is 0 Å². The first kappa shape index (κ1) is 37.7. The zero-order valence-corrected chi connectivity index (χ0v) is 30.5. The Labute approximate surface area is 300 Å². The lowest BCUT2D eigenvalue weighted by Gasteiger charge is -2.59. The van der Waals surface area contributed by atoms with Gasteiger partial charge in [-0.25, -0.2) is 4.79 Å². The topological polar surface area (TPSA) is 119 Å². The van der Waals surface area contributed by atoms with Crippen LogP contribution in [0.3, 0.4) is 0 Å². The number of hydrogen-bond acceptors (Lipinski definition) is 10. The minimum atomic E-state index is -1.31. The van der Waals surface area contributed by atoms with Crippen molar-refractivity contribution in [3.8, 4) is 17.2 Å². The number of aliphatic hydroxyl groups excluding tert-OH is 2. The molecule has 0 unspecified atom stereocenters. The van der Waals surface area contributed by atoms with Crippen LogP contribution in [0.2, 0.25) is 0 Å². The highest BCUT2D eigenvalue weighted by Crippen LogP contribution is 2.62. The number of unbranched alkanes of at least 4 members (excludes halogenated alkanes) is 2. The van der Waals surface area contributed by atoms with Gasteiger partial charge in [0.15, 0.2) is 0 Å². The van der Waals surface area contributed by atoms with E-state index < -0.39 is 17.9 Å². The number of amides is 1. The number of ether oxygens (including phenoxy) is 4. The number of nitrogens with zero attached hydrogens (tertiary/aromatic N) is 2. The molecule has 2 aliphatic carbocycles. The molecule has 0 aromatic heterocycles. The van der Waals surface area contributed by atoms with Crippen LogP contribution in [-0.2, 0) is 14.3 Å². The molecule has 0 saturated heterocycles. The first-order valence-corrected chi connectivity index (χ1v) is 18.9. The Morgan fingerprint density at radius 1 is 1.10 bits per heavy atom. The number of aliphatic hydroxyl groups is 2. The third kappa shape index (κ3) is 7.86. The number of oxime groups is 1. The van der Waals surface area contributed by atoms with E-state index in [1.165, 1.54) is 7.11 Å². The van der Waals surface area contributed by atoms with Crippen LogP contribution in [-0.4, -0.2) is 85.6 Å². The van der Waals surface area contributed by atoms with Crippen molar-refractivity contribution in [2.24, 2.45) is 22.9 Å². The van der Waals surface area contributed by atoms with Crippen LogP contribution in [0.4, 0.5) is 4.79 Å². The fourth-order valence-electron chi connectivity index (χ4n) is 8.03. The minimum absolute atomic E-state index is 0.119. The van der Waals surface area contributed by atoms with Crippen molar-refractivity contribution in [3.63, 3.8) is 0 Å². The van der Waals surface area contributed by atoms with E-state index >= 15 is 0 Å². The first-order valence-electron chi connectivity index (χ1n) is 17.7.